The van der Waals surface area contributed by atoms with Crippen LogP contribution in [0.4, 0.5) is 0 Å². The molecule has 1 unspecified atom stereocenters. The summed E-state index contributed by atoms with van der Waals surface area (Å²) in [7, 11) is 0. The maximum absolute atomic E-state index is 6.30. The Morgan fingerprint density at radius 3 is 2.58 bits per heavy atom. The predicted octanol–water partition coefficient (Wildman–Crippen LogP) is 3.57. The molecule has 1 heterocycles. The Kier molecular flexibility index (Phi) is 4.40. The normalized spacial score (nSPS) is 12.5. The average molecular weight is 277 g/mol. The lowest BCUT2D eigenvalue weighted by Gasteiger charge is -2.19. The topological polar surface area (TPSA) is 48.1 Å². The lowest BCUT2D eigenvalue weighted by molar-refractivity contribution is 0.239. The van der Waals surface area contributed by atoms with E-state index in [4.69, 9.17) is 22.1 Å². The molecule has 0 aliphatic carbocycles. The van der Waals surface area contributed by atoms with Gasteiger partial charge in [-0.25, -0.2) is 0 Å². The molecular weight excluding hydrogens is 260 g/mol. The van der Waals surface area contributed by atoms with Gasteiger partial charge in [-0.05, 0) is 31.5 Å². The molecule has 100 valence electrons. The highest BCUT2D eigenvalue weighted by atomic mass is 35.5. The summed E-state index contributed by atoms with van der Waals surface area (Å²) in [6.07, 6.45) is 3.39. The van der Waals surface area contributed by atoms with E-state index in [1.165, 1.54) is 0 Å². The highest BCUT2D eigenvalue weighted by Gasteiger charge is 2.17. The van der Waals surface area contributed by atoms with Gasteiger partial charge >= 0.3 is 0 Å². The molecule has 3 nitrogen and oxygen atoms in total. The van der Waals surface area contributed by atoms with Crippen molar-refractivity contribution in [3.63, 3.8) is 0 Å². The number of halogens is 1. The van der Waals surface area contributed by atoms with E-state index in [2.05, 4.69) is 4.98 Å². The van der Waals surface area contributed by atoms with E-state index in [1.54, 1.807) is 12.4 Å². The Morgan fingerprint density at radius 2 is 1.89 bits per heavy atom. The fraction of sp³-hybridized carbons (Fsp3) is 0.267. The van der Waals surface area contributed by atoms with Crippen LogP contribution >= 0.6 is 11.6 Å². The lowest BCUT2D eigenvalue weighted by Crippen LogP contribution is -2.16. The maximum atomic E-state index is 6.30. The Hall–Kier alpha value is -1.58. The van der Waals surface area contributed by atoms with E-state index < -0.39 is 0 Å². The SMILES string of the molecule is CC(C)Oc1ccccc1C(N)c1ccncc1Cl. The predicted molar refractivity (Wildman–Crippen MR) is 77.5 cm³/mol. The molecule has 2 rings (SSSR count). The molecule has 1 aromatic carbocycles. The molecule has 0 bridgehead atoms. The van der Waals surface area contributed by atoms with E-state index in [9.17, 15) is 0 Å². The molecule has 0 saturated heterocycles. The van der Waals surface area contributed by atoms with E-state index in [1.807, 2.05) is 44.2 Å². The molecule has 0 fully saturated rings. The first-order chi connectivity index (χ1) is 9.09. The number of pyridine rings is 1. The van der Waals surface area contributed by atoms with Crippen LogP contribution in [0.15, 0.2) is 42.7 Å². The Morgan fingerprint density at radius 1 is 1.16 bits per heavy atom. The number of aromatic nitrogens is 1. The van der Waals surface area contributed by atoms with Crippen LogP contribution in [0, 0.1) is 0 Å². The van der Waals surface area contributed by atoms with Crippen LogP contribution in [0.1, 0.15) is 31.0 Å². The van der Waals surface area contributed by atoms with Gasteiger partial charge in [-0.15, -0.1) is 0 Å². The first-order valence-electron chi connectivity index (χ1n) is 6.20. The third-order valence-corrected chi connectivity index (χ3v) is 3.07. The minimum Gasteiger partial charge on any atom is -0.491 e. The molecule has 0 spiro atoms. The largest absolute Gasteiger partial charge is 0.491 e. The number of ether oxygens (including phenoxy) is 1. The molecule has 2 aromatic rings. The van der Waals surface area contributed by atoms with Gasteiger partial charge in [-0.2, -0.15) is 0 Å². The molecule has 2 N–H and O–H groups in total. The van der Waals surface area contributed by atoms with Crippen LogP contribution in [-0.4, -0.2) is 11.1 Å². The monoisotopic (exact) mass is 276 g/mol. The van der Waals surface area contributed by atoms with Crippen molar-refractivity contribution in [1.82, 2.24) is 4.98 Å². The Bertz CT molecular complexity index is 557. The van der Waals surface area contributed by atoms with E-state index in [-0.39, 0.29) is 12.1 Å². The van der Waals surface area contributed by atoms with E-state index >= 15 is 0 Å². The van der Waals surface area contributed by atoms with Gasteiger partial charge < -0.3 is 10.5 Å². The van der Waals surface area contributed by atoms with Crippen LogP contribution in [0.5, 0.6) is 5.75 Å². The molecule has 1 atom stereocenters. The van der Waals surface area contributed by atoms with Gasteiger partial charge in [-0.1, -0.05) is 29.8 Å². The summed E-state index contributed by atoms with van der Waals surface area (Å²) in [6, 6.07) is 9.26. The zero-order valence-electron chi connectivity index (χ0n) is 11.0. The molecule has 0 saturated carbocycles. The van der Waals surface area contributed by atoms with Gasteiger partial charge in [-0.3, -0.25) is 4.98 Å². The first kappa shape index (κ1) is 13.8. The minimum atomic E-state index is -0.328. The Labute approximate surface area is 118 Å². The van der Waals surface area contributed by atoms with Crippen LogP contribution in [0.3, 0.4) is 0 Å². The van der Waals surface area contributed by atoms with Gasteiger partial charge in [0.2, 0.25) is 0 Å². The lowest BCUT2D eigenvalue weighted by atomic mass is 9.99. The fourth-order valence-electron chi connectivity index (χ4n) is 1.90. The smallest absolute Gasteiger partial charge is 0.124 e. The number of hydrogen-bond acceptors (Lipinski definition) is 3. The van der Waals surface area contributed by atoms with E-state index in [0.29, 0.717) is 5.02 Å². The van der Waals surface area contributed by atoms with Gasteiger partial charge in [0.1, 0.15) is 5.75 Å². The minimum absolute atomic E-state index is 0.0984. The number of hydrogen-bond donors (Lipinski definition) is 1. The summed E-state index contributed by atoms with van der Waals surface area (Å²) >= 11 is 6.14. The third-order valence-electron chi connectivity index (χ3n) is 2.76. The molecule has 1 aromatic heterocycles. The van der Waals surface area contributed by atoms with Crippen molar-refractivity contribution in [2.24, 2.45) is 5.73 Å². The number of benzene rings is 1. The second kappa shape index (κ2) is 6.04. The quantitative estimate of drug-likeness (QED) is 0.929. The fourth-order valence-corrected chi connectivity index (χ4v) is 2.14. The van der Waals surface area contributed by atoms with Crippen molar-refractivity contribution >= 4 is 11.6 Å². The number of nitrogens with two attached hydrogens (primary N) is 1. The summed E-state index contributed by atoms with van der Waals surface area (Å²) in [4.78, 5) is 3.97. The highest BCUT2D eigenvalue weighted by molar-refractivity contribution is 6.31. The maximum Gasteiger partial charge on any atom is 0.124 e. The average Bonchev–Trinajstić information content (AvgIpc) is 2.38. The van der Waals surface area contributed by atoms with Crippen molar-refractivity contribution in [3.8, 4) is 5.75 Å². The summed E-state index contributed by atoms with van der Waals surface area (Å²) in [5, 5.41) is 0.564. The molecule has 0 aliphatic rings. The molecule has 0 aliphatic heterocycles. The van der Waals surface area contributed by atoms with Crippen LogP contribution in [-0.2, 0) is 0 Å². The third kappa shape index (κ3) is 3.25. The van der Waals surface area contributed by atoms with Crippen LogP contribution in [0.25, 0.3) is 0 Å². The van der Waals surface area contributed by atoms with Crippen molar-refractivity contribution in [2.75, 3.05) is 0 Å². The second-order valence-electron chi connectivity index (χ2n) is 4.58. The van der Waals surface area contributed by atoms with Crippen molar-refractivity contribution in [2.45, 2.75) is 26.0 Å². The van der Waals surface area contributed by atoms with Gasteiger partial charge in [0, 0.05) is 18.0 Å². The molecular formula is C15H17ClN2O. The number of para-hydroxylation sites is 1. The zero-order chi connectivity index (χ0) is 13.8. The number of nitrogens with zero attached hydrogens (tertiary/aromatic N) is 1. The van der Waals surface area contributed by atoms with E-state index in [0.717, 1.165) is 16.9 Å². The first-order valence-corrected chi connectivity index (χ1v) is 6.58. The second-order valence-corrected chi connectivity index (χ2v) is 4.99. The summed E-state index contributed by atoms with van der Waals surface area (Å²) < 4.78 is 5.79. The van der Waals surface area contributed by atoms with Gasteiger partial charge in [0.15, 0.2) is 0 Å². The van der Waals surface area contributed by atoms with Crippen LogP contribution < -0.4 is 10.5 Å². The Balaban J connectivity index is 2.39. The van der Waals surface area contributed by atoms with Gasteiger partial charge in [0.25, 0.3) is 0 Å². The summed E-state index contributed by atoms with van der Waals surface area (Å²) in [6.45, 7) is 3.98. The molecule has 0 amide bonds. The summed E-state index contributed by atoms with van der Waals surface area (Å²) in [5.74, 6) is 0.790. The zero-order valence-corrected chi connectivity index (χ0v) is 11.8. The number of rotatable bonds is 4. The van der Waals surface area contributed by atoms with Crippen molar-refractivity contribution in [3.05, 3.63) is 58.9 Å². The molecule has 0 radical (unpaired) electrons. The standard InChI is InChI=1S/C15H17ClN2O/c1-10(2)19-14-6-4-3-5-12(14)15(17)11-7-8-18-9-13(11)16/h3-10,15H,17H2,1-2H3. The summed E-state index contributed by atoms with van der Waals surface area (Å²) in [5.41, 5.74) is 8.07. The van der Waals surface area contributed by atoms with Gasteiger partial charge in [0.05, 0.1) is 17.2 Å². The van der Waals surface area contributed by atoms with Crippen molar-refractivity contribution < 1.29 is 4.74 Å². The van der Waals surface area contributed by atoms with Crippen LogP contribution in [0.2, 0.25) is 5.02 Å². The molecule has 19 heavy (non-hydrogen) atoms. The molecule has 4 heteroatoms. The highest BCUT2D eigenvalue weighted by Crippen LogP contribution is 2.31. The van der Waals surface area contributed by atoms with Crippen molar-refractivity contribution in [1.29, 1.82) is 0 Å².